The molecule has 4 heteroatoms. The fourth-order valence-corrected chi connectivity index (χ4v) is 1.61. The van der Waals surface area contributed by atoms with Gasteiger partial charge in [-0.3, -0.25) is 0 Å². The molecule has 1 heterocycles. The predicted molar refractivity (Wildman–Crippen MR) is 59.5 cm³/mol. The van der Waals surface area contributed by atoms with Crippen LogP contribution in [0.15, 0.2) is 29.3 Å². The minimum absolute atomic E-state index is 0.0806. The average Bonchev–Trinajstić information content (AvgIpc) is 2.53. The molecule has 1 aliphatic rings. The Kier molecular flexibility index (Phi) is 2.39. The zero-order valence-electron chi connectivity index (χ0n) is 6.90. The number of aliphatic imine (C=N–C) groups is 1. The molecule has 1 atom stereocenters. The van der Waals surface area contributed by atoms with Gasteiger partial charge in [-0.1, -0.05) is 12.1 Å². The molecule has 2 N–H and O–H groups in total. The van der Waals surface area contributed by atoms with Gasteiger partial charge in [0.2, 0.25) is 0 Å². The lowest BCUT2D eigenvalue weighted by Gasteiger charge is -2.04. The van der Waals surface area contributed by atoms with Crippen molar-refractivity contribution in [3.8, 4) is 0 Å². The van der Waals surface area contributed by atoms with Crippen molar-refractivity contribution in [1.29, 1.82) is 0 Å². The van der Waals surface area contributed by atoms with Crippen LogP contribution in [0, 0.1) is 3.57 Å². The second-order valence-electron chi connectivity index (χ2n) is 2.85. The van der Waals surface area contributed by atoms with Crippen molar-refractivity contribution >= 4 is 28.6 Å². The highest BCUT2D eigenvalue weighted by Crippen LogP contribution is 2.22. The van der Waals surface area contributed by atoms with Crippen molar-refractivity contribution in [3.05, 3.63) is 33.4 Å². The highest BCUT2D eigenvalue weighted by Gasteiger charge is 2.17. The summed E-state index contributed by atoms with van der Waals surface area (Å²) in [5.74, 6) is 0. The van der Waals surface area contributed by atoms with E-state index in [0.29, 0.717) is 12.6 Å². The van der Waals surface area contributed by atoms with Crippen LogP contribution in [0.25, 0.3) is 0 Å². The van der Waals surface area contributed by atoms with E-state index in [-0.39, 0.29) is 6.04 Å². The number of rotatable bonds is 1. The number of ether oxygens (including phenoxy) is 1. The lowest BCUT2D eigenvalue weighted by Crippen LogP contribution is -2.10. The Bertz CT molecular complexity index is 334. The molecule has 0 bridgehead atoms. The minimum atomic E-state index is 0.0806. The zero-order valence-corrected chi connectivity index (χ0v) is 9.06. The van der Waals surface area contributed by atoms with E-state index >= 15 is 0 Å². The number of halogens is 1. The maximum atomic E-state index is 5.42. The fourth-order valence-electron chi connectivity index (χ4n) is 1.25. The third kappa shape index (κ3) is 1.93. The van der Waals surface area contributed by atoms with Crippen molar-refractivity contribution in [2.24, 2.45) is 10.7 Å². The first-order valence-electron chi connectivity index (χ1n) is 3.97. The molecule has 1 aliphatic heterocycles. The quantitative estimate of drug-likeness (QED) is 0.799. The van der Waals surface area contributed by atoms with Gasteiger partial charge in [0.1, 0.15) is 12.6 Å². The summed E-state index contributed by atoms with van der Waals surface area (Å²) >= 11 is 2.27. The van der Waals surface area contributed by atoms with Crippen LogP contribution in [0.3, 0.4) is 0 Å². The van der Waals surface area contributed by atoms with Crippen molar-refractivity contribution in [1.82, 2.24) is 0 Å². The molecule has 0 fully saturated rings. The molecule has 68 valence electrons. The normalized spacial score (nSPS) is 21.0. The number of hydrogen-bond donors (Lipinski definition) is 1. The Morgan fingerprint density at radius 2 is 2.08 bits per heavy atom. The van der Waals surface area contributed by atoms with Crippen LogP contribution in [0.5, 0.6) is 0 Å². The van der Waals surface area contributed by atoms with Gasteiger partial charge in [-0.15, -0.1) is 0 Å². The first kappa shape index (κ1) is 8.80. The van der Waals surface area contributed by atoms with Gasteiger partial charge in [0.25, 0.3) is 6.02 Å². The van der Waals surface area contributed by atoms with Gasteiger partial charge in [-0.2, -0.15) is 0 Å². The van der Waals surface area contributed by atoms with Crippen LogP contribution in [-0.4, -0.2) is 12.6 Å². The lowest BCUT2D eigenvalue weighted by molar-refractivity contribution is 0.315. The van der Waals surface area contributed by atoms with Crippen molar-refractivity contribution in [2.45, 2.75) is 6.04 Å². The van der Waals surface area contributed by atoms with E-state index in [1.165, 1.54) is 3.57 Å². The minimum Gasteiger partial charge on any atom is -0.463 e. The summed E-state index contributed by atoms with van der Waals surface area (Å²) in [5.41, 5.74) is 6.57. The molecule has 0 radical (unpaired) electrons. The molecule has 0 saturated carbocycles. The van der Waals surface area contributed by atoms with Gasteiger partial charge in [-0.05, 0) is 40.3 Å². The average molecular weight is 288 g/mol. The molecule has 13 heavy (non-hydrogen) atoms. The maximum Gasteiger partial charge on any atom is 0.282 e. The summed E-state index contributed by atoms with van der Waals surface area (Å²) in [6.07, 6.45) is 0. The molecule has 1 aromatic rings. The second kappa shape index (κ2) is 3.53. The van der Waals surface area contributed by atoms with Gasteiger partial charge < -0.3 is 10.5 Å². The third-order valence-corrected chi connectivity index (χ3v) is 2.65. The number of amidine groups is 1. The summed E-state index contributed by atoms with van der Waals surface area (Å²) in [6, 6.07) is 8.59. The Morgan fingerprint density at radius 1 is 1.38 bits per heavy atom. The lowest BCUT2D eigenvalue weighted by atomic mass is 10.1. The van der Waals surface area contributed by atoms with Gasteiger partial charge in [0.05, 0.1) is 0 Å². The Hall–Kier alpha value is -0.780. The molecule has 0 amide bonds. The smallest absolute Gasteiger partial charge is 0.282 e. The molecule has 0 saturated heterocycles. The summed E-state index contributed by atoms with van der Waals surface area (Å²) in [5, 5.41) is 0. The summed E-state index contributed by atoms with van der Waals surface area (Å²) in [7, 11) is 0. The summed E-state index contributed by atoms with van der Waals surface area (Å²) in [6.45, 7) is 0.562. The molecule has 3 nitrogen and oxygen atoms in total. The summed E-state index contributed by atoms with van der Waals surface area (Å²) in [4.78, 5) is 4.16. The van der Waals surface area contributed by atoms with Crippen LogP contribution >= 0.6 is 22.6 Å². The number of nitrogens with two attached hydrogens (primary N) is 1. The van der Waals surface area contributed by atoms with Crippen LogP contribution in [0.1, 0.15) is 11.6 Å². The molecule has 0 aromatic heterocycles. The van der Waals surface area contributed by atoms with Crippen LogP contribution < -0.4 is 5.73 Å². The molecule has 1 aromatic carbocycles. The van der Waals surface area contributed by atoms with E-state index in [4.69, 9.17) is 10.5 Å². The Morgan fingerprint density at radius 3 is 2.62 bits per heavy atom. The van der Waals surface area contributed by atoms with Gasteiger partial charge in [0, 0.05) is 3.57 Å². The van der Waals surface area contributed by atoms with Crippen LogP contribution in [0.4, 0.5) is 0 Å². The topological polar surface area (TPSA) is 47.6 Å². The zero-order chi connectivity index (χ0) is 9.26. The van der Waals surface area contributed by atoms with Gasteiger partial charge in [-0.25, -0.2) is 4.99 Å². The molecular weight excluding hydrogens is 279 g/mol. The SMILES string of the molecule is NC1=NC(c2ccc(I)cc2)CO1. The monoisotopic (exact) mass is 288 g/mol. The predicted octanol–water partition coefficient (Wildman–Crippen LogP) is 1.68. The van der Waals surface area contributed by atoms with E-state index in [9.17, 15) is 0 Å². The van der Waals surface area contributed by atoms with Gasteiger partial charge in [0.15, 0.2) is 0 Å². The Labute approximate surface area is 90.1 Å². The molecule has 1 unspecified atom stereocenters. The van der Waals surface area contributed by atoms with Gasteiger partial charge >= 0.3 is 0 Å². The molecule has 0 aliphatic carbocycles. The highest BCUT2D eigenvalue weighted by atomic mass is 127. The third-order valence-electron chi connectivity index (χ3n) is 1.93. The second-order valence-corrected chi connectivity index (χ2v) is 4.09. The number of benzene rings is 1. The summed E-state index contributed by atoms with van der Waals surface area (Å²) < 4.78 is 6.30. The first-order valence-corrected chi connectivity index (χ1v) is 5.05. The fraction of sp³-hybridized carbons (Fsp3) is 0.222. The van der Waals surface area contributed by atoms with E-state index in [1.54, 1.807) is 0 Å². The first-order chi connectivity index (χ1) is 6.25. The maximum absolute atomic E-state index is 5.42. The van der Waals surface area contributed by atoms with Crippen LogP contribution in [0.2, 0.25) is 0 Å². The van der Waals surface area contributed by atoms with Crippen molar-refractivity contribution < 1.29 is 4.74 Å². The largest absolute Gasteiger partial charge is 0.463 e. The van der Waals surface area contributed by atoms with Crippen molar-refractivity contribution in [2.75, 3.05) is 6.61 Å². The van der Waals surface area contributed by atoms with E-state index in [1.807, 2.05) is 0 Å². The molecule has 2 rings (SSSR count). The van der Waals surface area contributed by atoms with Crippen LogP contribution in [-0.2, 0) is 4.74 Å². The number of nitrogens with zero attached hydrogens (tertiary/aromatic N) is 1. The standard InChI is InChI=1S/C9H9IN2O/c10-7-3-1-6(2-4-7)8-5-13-9(11)12-8/h1-4,8H,5H2,(H2,11,12). The van der Waals surface area contributed by atoms with E-state index < -0.39 is 0 Å². The van der Waals surface area contributed by atoms with E-state index in [2.05, 4.69) is 51.8 Å². The van der Waals surface area contributed by atoms with E-state index in [0.717, 1.165) is 5.56 Å². The molecule has 0 spiro atoms. The Balaban J connectivity index is 2.22. The highest BCUT2D eigenvalue weighted by molar-refractivity contribution is 14.1. The molecular formula is C9H9IN2O. The number of hydrogen-bond acceptors (Lipinski definition) is 3. The van der Waals surface area contributed by atoms with Crippen molar-refractivity contribution in [3.63, 3.8) is 0 Å².